The van der Waals surface area contributed by atoms with Gasteiger partial charge in [0, 0.05) is 18.8 Å². The summed E-state index contributed by atoms with van der Waals surface area (Å²) >= 11 is 0. The van der Waals surface area contributed by atoms with Gasteiger partial charge in [0.15, 0.2) is 11.5 Å². The van der Waals surface area contributed by atoms with Crippen molar-refractivity contribution in [2.45, 2.75) is 31.8 Å². The van der Waals surface area contributed by atoms with Crippen molar-refractivity contribution < 1.29 is 9.13 Å². The van der Waals surface area contributed by atoms with E-state index in [4.69, 9.17) is 4.74 Å². The monoisotopic (exact) mass is 378 g/mol. The topological polar surface area (TPSA) is 70.1 Å². The van der Waals surface area contributed by atoms with Crippen LogP contribution in [-0.2, 0) is 13.7 Å². The van der Waals surface area contributed by atoms with Gasteiger partial charge in [-0.15, -0.1) is 15.3 Å². The highest BCUT2D eigenvalue weighted by Crippen LogP contribution is 2.40. The Kier molecular flexibility index (Phi) is 4.03. The van der Waals surface area contributed by atoms with Crippen LogP contribution >= 0.6 is 0 Å². The Morgan fingerprint density at radius 1 is 1.14 bits per heavy atom. The van der Waals surface area contributed by atoms with E-state index in [2.05, 4.69) is 20.4 Å². The van der Waals surface area contributed by atoms with Crippen LogP contribution in [0.4, 0.5) is 4.39 Å². The number of benzene rings is 1. The summed E-state index contributed by atoms with van der Waals surface area (Å²) in [6.07, 6.45) is 5.28. The van der Waals surface area contributed by atoms with Crippen molar-refractivity contribution in [2.75, 3.05) is 0 Å². The average Bonchev–Trinajstić information content (AvgIpc) is 3.24. The second kappa shape index (κ2) is 6.70. The van der Waals surface area contributed by atoms with Crippen molar-refractivity contribution in [1.29, 1.82) is 0 Å². The fourth-order valence-electron chi connectivity index (χ4n) is 3.45. The molecule has 28 heavy (non-hydrogen) atoms. The fourth-order valence-corrected chi connectivity index (χ4v) is 3.45. The van der Waals surface area contributed by atoms with Crippen LogP contribution in [0, 0.1) is 5.82 Å². The van der Waals surface area contributed by atoms with Gasteiger partial charge in [-0.05, 0) is 43.0 Å². The Morgan fingerprint density at radius 2 is 2.00 bits per heavy atom. The summed E-state index contributed by atoms with van der Waals surface area (Å²) in [4.78, 5) is 0. The Bertz CT molecular complexity index is 1150. The Balaban J connectivity index is 1.57. The zero-order valence-electron chi connectivity index (χ0n) is 15.4. The Hall–Kier alpha value is -3.29. The number of hydrogen-bond acceptors (Lipinski definition) is 5. The third-order valence-electron chi connectivity index (χ3n) is 5.17. The SMILES string of the molecule is Cn1ccc(COc2nn3c(-c4ccccc4F)nnc3cc2C2CCC2)n1. The molecule has 0 radical (unpaired) electrons. The molecule has 0 spiro atoms. The van der Waals surface area contributed by atoms with E-state index in [9.17, 15) is 4.39 Å². The smallest absolute Gasteiger partial charge is 0.235 e. The number of nitrogens with zero attached hydrogens (tertiary/aromatic N) is 6. The summed E-state index contributed by atoms with van der Waals surface area (Å²) < 4.78 is 23.6. The minimum atomic E-state index is -0.363. The van der Waals surface area contributed by atoms with Crippen LogP contribution in [0.1, 0.15) is 36.4 Å². The molecule has 1 aliphatic carbocycles. The summed E-state index contributed by atoms with van der Waals surface area (Å²) in [5, 5.41) is 17.4. The van der Waals surface area contributed by atoms with Gasteiger partial charge in [-0.2, -0.15) is 9.61 Å². The molecule has 0 amide bonds. The van der Waals surface area contributed by atoms with Crippen molar-refractivity contribution in [3.8, 4) is 17.3 Å². The fraction of sp³-hybridized carbons (Fsp3) is 0.300. The lowest BCUT2D eigenvalue weighted by Gasteiger charge is -2.26. The first-order valence-electron chi connectivity index (χ1n) is 9.31. The molecular formula is C20H19FN6O. The number of aryl methyl sites for hydroxylation is 1. The number of fused-ring (bicyclic) bond motifs is 1. The highest BCUT2D eigenvalue weighted by Gasteiger charge is 2.26. The highest BCUT2D eigenvalue weighted by atomic mass is 19.1. The van der Waals surface area contributed by atoms with Gasteiger partial charge in [-0.25, -0.2) is 4.39 Å². The number of halogens is 1. The summed E-state index contributed by atoms with van der Waals surface area (Å²) in [6, 6.07) is 10.3. The normalized spacial score (nSPS) is 14.4. The van der Waals surface area contributed by atoms with Crippen LogP contribution in [0.5, 0.6) is 5.88 Å². The average molecular weight is 378 g/mol. The van der Waals surface area contributed by atoms with Crippen LogP contribution in [0.25, 0.3) is 17.0 Å². The molecule has 8 heteroatoms. The predicted octanol–water partition coefficient (Wildman–Crippen LogP) is 3.51. The molecule has 3 heterocycles. The predicted molar refractivity (Wildman–Crippen MR) is 100 cm³/mol. The summed E-state index contributed by atoms with van der Waals surface area (Å²) in [5.74, 6) is 0.929. The number of rotatable bonds is 5. The Morgan fingerprint density at radius 3 is 2.71 bits per heavy atom. The van der Waals surface area contributed by atoms with Crippen LogP contribution < -0.4 is 4.74 Å². The molecule has 1 aliphatic rings. The molecule has 1 aromatic carbocycles. The second-order valence-electron chi connectivity index (χ2n) is 7.08. The van der Waals surface area contributed by atoms with Gasteiger partial charge < -0.3 is 4.74 Å². The molecule has 5 rings (SSSR count). The quantitative estimate of drug-likeness (QED) is 0.531. The van der Waals surface area contributed by atoms with E-state index in [1.54, 1.807) is 27.4 Å². The summed E-state index contributed by atoms with van der Waals surface area (Å²) in [5.41, 5.74) is 2.80. The first kappa shape index (κ1) is 16.9. The minimum absolute atomic E-state index is 0.316. The van der Waals surface area contributed by atoms with Crippen LogP contribution in [0.2, 0.25) is 0 Å². The third-order valence-corrected chi connectivity index (χ3v) is 5.17. The van der Waals surface area contributed by atoms with Crippen LogP contribution in [0.3, 0.4) is 0 Å². The van der Waals surface area contributed by atoms with Crippen molar-refractivity contribution in [1.82, 2.24) is 29.6 Å². The number of aromatic nitrogens is 6. The van der Waals surface area contributed by atoms with E-state index in [1.807, 2.05) is 25.4 Å². The van der Waals surface area contributed by atoms with E-state index >= 15 is 0 Å². The molecule has 0 bridgehead atoms. The van der Waals surface area contributed by atoms with Gasteiger partial charge in [-0.1, -0.05) is 18.6 Å². The summed E-state index contributed by atoms with van der Waals surface area (Å²) in [7, 11) is 1.87. The first-order chi connectivity index (χ1) is 13.7. The van der Waals surface area contributed by atoms with Gasteiger partial charge in [0.05, 0.1) is 11.3 Å². The van der Waals surface area contributed by atoms with Crippen molar-refractivity contribution in [3.63, 3.8) is 0 Å². The first-order valence-corrected chi connectivity index (χ1v) is 9.31. The van der Waals surface area contributed by atoms with Crippen molar-refractivity contribution >= 4 is 5.65 Å². The maximum absolute atomic E-state index is 14.3. The maximum atomic E-state index is 14.3. The van der Waals surface area contributed by atoms with Crippen molar-refractivity contribution in [3.05, 3.63) is 59.7 Å². The zero-order valence-corrected chi connectivity index (χ0v) is 15.4. The second-order valence-corrected chi connectivity index (χ2v) is 7.08. The molecule has 0 saturated heterocycles. The molecular weight excluding hydrogens is 359 g/mol. The molecule has 1 fully saturated rings. The van der Waals surface area contributed by atoms with Gasteiger partial charge >= 0.3 is 0 Å². The van der Waals surface area contributed by atoms with E-state index in [1.165, 1.54) is 12.5 Å². The largest absolute Gasteiger partial charge is 0.470 e. The van der Waals surface area contributed by atoms with Gasteiger partial charge in [0.25, 0.3) is 0 Å². The van der Waals surface area contributed by atoms with Crippen LogP contribution in [0.15, 0.2) is 42.6 Å². The molecule has 0 atom stereocenters. The van der Waals surface area contributed by atoms with E-state index in [0.29, 0.717) is 35.4 Å². The molecule has 1 saturated carbocycles. The lowest BCUT2D eigenvalue weighted by atomic mass is 9.80. The van der Waals surface area contributed by atoms with E-state index in [-0.39, 0.29) is 5.82 Å². The van der Waals surface area contributed by atoms with Gasteiger partial charge in [0.2, 0.25) is 5.88 Å². The molecule has 0 aliphatic heterocycles. The molecule has 0 N–H and O–H groups in total. The number of ether oxygens (including phenoxy) is 1. The number of hydrogen-bond donors (Lipinski definition) is 0. The lowest BCUT2D eigenvalue weighted by molar-refractivity contribution is 0.272. The maximum Gasteiger partial charge on any atom is 0.235 e. The standard InChI is InChI=1S/C20H19FN6O/c1-26-10-9-14(24-26)12-28-20-16(13-5-4-6-13)11-18-22-23-19(27(18)25-20)15-7-2-3-8-17(15)21/h2-3,7-11,13H,4-6,12H2,1H3. The molecule has 142 valence electrons. The van der Waals surface area contributed by atoms with E-state index in [0.717, 1.165) is 24.1 Å². The van der Waals surface area contributed by atoms with Gasteiger partial charge in [0.1, 0.15) is 12.4 Å². The lowest BCUT2D eigenvalue weighted by Crippen LogP contribution is -2.14. The minimum Gasteiger partial charge on any atom is -0.470 e. The molecule has 4 aromatic rings. The van der Waals surface area contributed by atoms with E-state index < -0.39 is 0 Å². The van der Waals surface area contributed by atoms with Crippen LogP contribution in [-0.4, -0.2) is 29.6 Å². The molecule has 0 unspecified atom stereocenters. The Labute approximate surface area is 160 Å². The highest BCUT2D eigenvalue weighted by molar-refractivity contribution is 5.60. The third kappa shape index (κ3) is 2.90. The molecule has 7 nitrogen and oxygen atoms in total. The molecule has 3 aromatic heterocycles. The van der Waals surface area contributed by atoms with Gasteiger partial charge in [-0.3, -0.25) is 4.68 Å². The zero-order chi connectivity index (χ0) is 19.1. The van der Waals surface area contributed by atoms with Crippen molar-refractivity contribution in [2.24, 2.45) is 7.05 Å². The summed E-state index contributed by atoms with van der Waals surface area (Å²) in [6.45, 7) is 0.316.